The second-order valence-corrected chi connectivity index (χ2v) is 7.36. The maximum atomic E-state index is 12.7. The van der Waals surface area contributed by atoms with Crippen molar-refractivity contribution >= 4 is 11.6 Å². The number of likely N-dealkylation sites (tertiary alicyclic amines) is 1. The Morgan fingerprint density at radius 1 is 1.40 bits per heavy atom. The Balaban J connectivity index is 1.56. The van der Waals surface area contributed by atoms with E-state index in [0.29, 0.717) is 5.92 Å². The lowest BCUT2D eigenvalue weighted by molar-refractivity contribution is -0.120. The molecule has 5 nitrogen and oxygen atoms in total. The maximum absolute atomic E-state index is 12.7. The van der Waals surface area contributed by atoms with Gasteiger partial charge in [-0.25, -0.2) is 0 Å². The lowest BCUT2D eigenvalue weighted by Gasteiger charge is -2.24. The Labute approximate surface area is 150 Å². The molecule has 1 N–H and O–H groups in total. The predicted octanol–water partition coefficient (Wildman–Crippen LogP) is 2.93. The number of anilines is 1. The van der Waals surface area contributed by atoms with E-state index in [1.807, 2.05) is 44.8 Å². The first kappa shape index (κ1) is 17.7. The minimum absolute atomic E-state index is 0.0794. The number of carbonyl (C=O) groups excluding carboxylic acids is 1. The van der Waals surface area contributed by atoms with Crippen LogP contribution in [0.4, 0.5) is 5.69 Å². The summed E-state index contributed by atoms with van der Waals surface area (Å²) in [4.78, 5) is 15.0. The molecule has 134 valence electrons. The molecule has 1 aromatic heterocycles. The molecule has 2 unspecified atom stereocenters. The van der Waals surface area contributed by atoms with Crippen LogP contribution in [0.3, 0.4) is 0 Å². The third-order valence-electron chi connectivity index (χ3n) is 5.18. The van der Waals surface area contributed by atoms with Gasteiger partial charge in [-0.1, -0.05) is 12.1 Å². The minimum Gasteiger partial charge on any atom is -0.324 e. The van der Waals surface area contributed by atoms with Gasteiger partial charge in [0, 0.05) is 25.5 Å². The monoisotopic (exact) mass is 340 g/mol. The number of aromatic nitrogens is 2. The summed E-state index contributed by atoms with van der Waals surface area (Å²) < 4.78 is 1.85. The number of hydrogen-bond acceptors (Lipinski definition) is 3. The van der Waals surface area contributed by atoms with Crippen LogP contribution in [-0.4, -0.2) is 39.7 Å². The third kappa shape index (κ3) is 4.28. The molecule has 2 heterocycles. The lowest BCUT2D eigenvalue weighted by Crippen LogP contribution is -2.40. The molecular formula is C20H28N4O. The van der Waals surface area contributed by atoms with Gasteiger partial charge in [0.05, 0.1) is 12.2 Å². The van der Waals surface area contributed by atoms with Gasteiger partial charge in [-0.2, -0.15) is 5.10 Å². The predicted molar refractivity (Wildman–Crippen MR) is 101 cm³/mol. The number of carbonyl (C=O) groups is 1. The van der Waals surface area contributed by atoms with Crippen LogP contribution >= 0.6 is 0 Å². The number of aryl methyl sites for hydroxylation is 3. The average molecular weight is 340 g/mol. The molecule has 0 radical (unpaired) electrons. The molecule has 2 atom stereocenters. The van der Waals surface area contributed by atoms with Crippen LogP contribution in [0.5, 0.6) is 0 Å². The number of benzene rings is 1. The minimum atomic E-state index is -0.112. The van der Waals surface area contributed by atoms with Crippen molar-refractivity contribution in [1.29, 1.82) is 0 Å². The van der Waals surface area contributed by atoms with Crippen molar-refractivity contribution in [3.8, 4) is 0 Å². The van der Waals surface area contributed by atoms with E-state index in [9.17, 15) is 4.79 Å². The van der Waals surface area contributed by atoms with Crippen molar-refractivity contribution in [2.75, 3.05) is 18.4 Å². The van der Waals surface area contributed by atoms with Gasteiger partial charge < -0.3 is 5.32 Å². The maximum Gasteiger partial charge on any atom is 0.241 e. The fourth-order valence-corrected chi connectivity index (χ4v) is 3.57. The van der Waals surface area contributed by atoms with Crippen LogP contribution < -0.4 is 5.32 Å². The van der Waals surface area contributed by atoms with Gasteiger partial charge in [0.2, 0.25) is 5.91 Å². The van der Waals surface area contributed by atoms with Gasteiger partial charge in [0.15, 0.2) is 0 Å². The van der Waals surface area contributed by atoms with E-state index in [0.717, 1.165) is 42.7 Å². The lowest BCUT2D eigenvalue weighted by atomic mass is 10.0. The van der Waals surface area contributed by atoms with Crippen LogP contribution in [0, 0.1) is 19.8 Å². The molecule has 1 saturated heterocycles. The second kappa shape index (κ2) is 7.40. The van der Waals surface area contributed by atoms with Crippen LogP contribution in [0.15, 0.2) is 30.6 Å². The van der Waals surface area contributed by atoms with Crippen molar-refractivity contribution < 1.29 is 4.79 Å². The van der Waals surface area contributed by atoms with Crippen molar-refractivity contribution in [3.05, 3.63) is 47.3 Å². The summed E-state index contributed by atoms with van der Waals surface area (Å²) in [5.41, 5.74) is 4.46. The molecule has 1 aromatic carbocycles. The molecule has 1 fully saturated rings. The smallest absolute Gasteiger partial charge is 0.241 e. The Morgan fingerprint density at radius 2 is 2.20 bits per heavy atom. The Bertz CT molecular complexity index is 752. The standard InChI is InChI=1S/C20H28N4O/c1-14-5-6-15(2)19(9-14)22-20(25)16(3)24-8-7-17(13-24)10-18-11-21-23(4)12-18/h5-6,9,11-12,16-17H,7-8,10,13H2,1-4H3,(H,22,25). The Morgan fingerprint density at radius 3 is 2.92 bits per heavy atom. The number of amides is 1. The zero-order chi connectivity index (χ0) is 18.0. The van der Waals surface area contributed by atoms with Crippen LogP contribution in [-0.2, 0) is 18.3 Å². The summed E-state index contributed by atoms with van der Waals surface area (Å²) in [6.07, 6.45) is 6.20. The Kier molecular flexibility index (Phi) is 5.23. The fraction of sp³-hybridized carbons (Fsp3) is 0.500. The normalized spacial score (nSPS) is 19.1. The second-order valence-electron chi connectivity index (χ2n) is 7.36. The molecule has 1 aliphatic heterocycles. The molecule has 1 amide bonds. The molecule has 0 aliphatic carbocycles. The van der Waals surface area contributed by atoms with Crippen LogP contribution in [0.1, 0.15) is 30.0 Å². The summed E-state index contributed by atoms with van der Waals surface area (Å²) in [5, 5.41) is 7.34. The molecule has 5 heteroatoms. The zero-order valence-electron chi connectivity index (χ0n) is 15.6. The third-order valence-corrected chi connectivity index (χ3v) is 5.18. The van der Waals surface area contributed by atoms with E-state index >= 15 is 0 Å². The van der Waals surface area contributed by atoms with E-state index in [2.05, 4.69) is 33.6 Å². The van der Waals surface area contributed by atoms with E-state index in [1.54, 1.807) is 0 Å². The molecule has 0 bridgehead atoms. The highest BCUT2D eigenvalue weighted by Gasteiger charge is 2.30. The zero-order valence-corrected chi connectivity index (χ0v) is 15.6. The molecule has 25 heavy (non-hydrogen) atoms. The van der Waals surface area contributed by atoms with Crippen molar-refractivity contribution in [2.45, 2.75) is 39.7 Å². The van der Waals surface area contributed by atoms with Gasteiger partial charge >= 0.3 is 0 Å². The van der Waals surface area contributed by atoms with Gasteiger partial charge in [-0.05, 0) is 68.8 Å². The highest BCUT2D eigenvalue weighted by molar-refractivity contribution is 5.95. The van der Waals surface area contributed by atoms with Gasteiger partial charge in [0.25, 0.3) is 0 Å². The van der Waals surface area contributed by atoms with Crippen molar-refractivity contribution in [1.82, 2.24) is 14.7 Å². The Hall–Kier alpha value is -2.14. The summed E-state index contributed by atoms with van der Waals surface area (Å²) in [7, 11) is 1.95. The van der Waals surface area contributed by atoms with Crippen molar-refractivity contribution in [2.24, 2.45) is 13.0 Å². The summed E-state index contributed by atoms with van der Waals surface area (Å²) in [6, 6.07) is 6.04. The number of hydrogen-bond donors (Lipinski definition) is 1. The number of rotatable bonds is 5. The summed E-state index contributed by atoms with van der Waals surface area (Å²) in [5.74, 6) is 0.677. The van der Waals surface area contributed by atoms with E-state index in [4.69, 9.17) is 0 Å². The van der Waals surface area contributed by atoms with E-state index in [-0.39, 0.29) is 11.9 Å². The van der Waals surface area contributed by atoms with Gasteiger partial charge in [0.1, 0.15) is 0 Å². The molecule has 2 aromatic rings. The first-order valence-corrected chi connectivity index (χ1v) is 9.02. The molecule has 1 aliphatic rings. The molecular weight excluding hydrogens is 312 g/mol. The van der Waals surface area contributed by atoms with Crippen molar-refractivity contribution in [3.63, 3.8) is 0 Å². The molecule has 0 spiro atoms. The molecule has 0 saturated carbocycles. The van der Waals surface area contributed by atoms with E-state index in [1.165, 1.54) is 5.56 Å². The average Bonchev–Trinajstić information content (AvgIpc) is 3.19. The number of nitrogens with one attached hydrogen (secondary N) is 1. The summed E-state index contributed by atoms with van der Waals surface area (Å²) >= 11 is 0. The summed E-state index contributed by atoms with van der Waals surface area (Å²) in [6.45, 7) is 8.02. The quantitative estimate of drug-likeness (QED) is 0.910. The highest BCUT2D eigenvalue weighted by Crippen LogP contribution is 2.23. The highest BCUT2D eigenvalue weighted by atomic mass is 16.2. The number of nitrogens with zero attached hydrogens (tertiary/aromatic N) is 3. The van der Waals surface area contributed by atoms with E-state index < -0.39 is 0 Å². The largest absolute Gasteiger partial charge is 0.324 e. The first-order chi connectivity index (χ1) is 11.9. The molecule has 3 rings (SSSR count). The fourth-order valence-electron chi connectivity index (χ4n) is 3.57. The SMILES string of the molecule is Cc1ccc(C)c(NC(=O)C(C)N2CCC(Cc3cnn(C)c3)C2)c1. The topological polar surface area (TPSA) is 50.2 Å². The van der Waals surface area contributed by atoms with Gasteiger partial charge in [-0.3, -0.25) is 14.4 Å². The van der Waals surface area contributed by atoms with Crippen LogP contribution in [0.25, 0.3) is 0 Å². The van der Waals surface area contributed by atoms with Gasteiger partial charge in [-0.15, -0.1) is 0 Å². The van der Waals surface area contributed by atoms with Crippen LogP contribution in [0.2, 0.25) is 0 Å². The first-order valence-electron chi connectivity index (χ1n) is 9.02.